The highest BCUT2D eigenvalue weighted by atomic mass is 79.9. The van der Waals surface area contributed by atoms with E-state index in [2.05, 4.69) is 47.2 Å². The van der Waals surface area contributed by atoms with Crippen LogP contribution in [0.3, 0.4) is 0 Å². The Balaban J connectivity index is 1.37. The van der Waals surface area contributed by atoms with Crippen LogP contribution in [0.15, 0.2) is 101 Å². The van der Waals surface area contributed by atoms with Crippen LogP contribution in [-0.2, 0) is 11.2 Å². The molecule has 0 aliphatic rings. The van der Waals surface area contributed by atoms with Gasteiger partial charge in [0.1, 0.15) is 6.04 Å². The lowest BCUT2D eigenvalue weighted by Gasteiger charge is -2.20. The number of aromatic amines is 1. The van der Waals surface area contributed by atoms with E-state index in [4.69, 9.17) is 5.73 Å². The van der Waals surface area contributed by atoms with Crippen LogP contribution in [0, 0.1) is 0 Å². The van der Waals surface area contributed by atoms with E-state index in [0.717, 1.165) is 27.2 Å². The van der Waals surface area contributed by atoms with Gasteiger partial charge in [-0.3, -0.25) is 19.4 Å². The number of nitrogens with zero attached hydrogens (tertiary/aromatic N) is 1. The largest absolute Gasteiger partial charge is 0.370 e. The first kappa shape index (κ1) is 30.3. The summed E-state index contributed by atoms with van der Waals surface area (Å²) in [5, 5.41) is 14.4. The molecule has 0 fully saturated rings. The molecule has 7 N–H and O–H groups in total. The average Bonchev–Trinajstić information content (AvgIpc) is 3.45. The summed E-state index contributed by atoms with van der Waals surface area (Å²) >= 11 is 3.43. The van der Waals surface area contributed by atoms with Gasteiger partial charge < -0.3 is 32.0 Å². The monoisotopic (exact) mass is 653 g/mol. The van der Waals surface area contributed by atoms with Crippen molar-refractivity contribution in [1.29, 1.82) is 0 Å². The molecule has 0 radical (unpaired) electrons. The molecule has 1 aromatic heterocycles. The van der Waals surface area contributed by atoms with Gasteiger partial charge in [0.15, 0.2) is 5.96 Å². The van der Waals surface area contributed by atoms with E-state index in [1.165, 1.54) is 0 Å². The standard InChI is InChI=1S/C33H32BrN7O3/c1-36-33(35)38-15-14-37-32(44)29(17-23-19-39-27-9-5-4-8-25(23)27)41-31(43)26-18-24(34)12-13-28(26)40-30(42)22-11-10-20-6-2-3-7-21(20)16-22/h2-13,16,18-19,29,39H,14-15,17H2,1H3,(H,37,44)(H,40,42)(H,41,43)(H3,35,36,38)/t29-/m0/s1. The van der Waals surface area contributed by atoms with E-state index >= 15 is 0 Å². The molecule has 4 aromatic carbocycles. The quantitative estimate of drug-likeness (QED) is 0.0753. The molecule has 1 atom stereocenters. The van der Waals surface area contributed by atoms with Crippen LogP contribution in [0.1, 0.15) is 26.3 Å². The summed E-state index contributed by atoms with van der Waals surface area (Å²) in [5.41, 5.74) is 8.46. The Bertz CT molecular complexity index is 1870. The van der Waals surface area contributed by atoms with Gasteiger partial charge in [0, 0.05) is 53.7 Å². The van der Waals surface area contributed by atoms with Crippen LogP contribution in [0.25, 0.3) is 21.7 Å². The Kier molecular flexibility index (Phi) is 9.56. The molecule has 0 spiro atoms. The summed E-state index contributed by atoms with van der Waals surface area (Å²) < 4.78 is 0.644. The maximum Gasteiger partial charge on any atom is 0.255 e. The summed E-state index contributed by atoms with van der Waals surface area (Å²) in [4.78, 5) is 47.5. The maximum atomic E-state index is 13.8. The zero-order valence-corrected chi connectivity index (χ0v) is 25.6. The predicted octanol–water partition coefficient (Wildman–Crippen LogP) is 4.33. The molecular weight excluding hydrogens is 622 g/mol. The number of para-hydroxylation sites is 1. The lowest BCUT2D eigenvalue weighted by molar-refractivity contribution is -0.122. The zero-order valence-electron chi connectivity index (χ0n) is 24.0. The van der Waals surface area contributed by atoms with Crippen LogP contribution in [0.2, 0.25) is 0 Å². The first-order valence-electron chi connectivity index (χ1n) is 14.0. The van der Waals surface area contributed by atoms with Gasteiger partial charge >= 0.3 is 0 Å². The van der Waals surface area contributed by atoms with Crippen molar-refractivity contribution in [2.75, 3.05) is 25.5 Å². The maximum absolute atomic E-state index is 13.8. The van der Waals surface area contributed by atoms with Crippen molar-refractivity contribution in [3.8, 4) is 0 Å². The Morgan fingerprint density at radius 3 is 2.45 bits per heavy atom. The summed E-state index contributed by atoms with van der Waals surface area (Å²) in [6.07, 6.45) is 2.08. The number of aromatic nitrogens is 1. The number of halogens is 1. The summed E-state index contributed by atoms with van der Waals surface area (Å²) in [6.45, 7) is 0.624. The number of aliphatic imine (C=N–C) groups is 1. The Morgan fingerprint density at radius 2 is 1.64 bits per heavy atom. The Morgan fingerprint density at radius 1 is 0.886 bits per heavy atom. The van der Waals surface area contributed by atoms with Gasteiger partial charge in [-0.05, 0) is 52.7 Å². The molecular formula is C33H32BrN7O3. The number of hydrogen-bond donors (Lipinski definition) is 6. The topological polar surface area (TPSA) is 153 Å². The smallest absolute Gasteiger partial charge is 0.255 e. The summed E-state index contributed by atoms with van der Waals surface area (Å²) in [7, 11) is 1.56. The second-order valence-electron chi connectivity index (χ2n) is 10.1. The zero-order chi connectivity index (χ0) is 31.1. The first-order chi connectivity index (χ1) is 21.3. The van der Waals surface area contributed by atoms with Crippen molar-refractivity contribution >= 4 is 67.0 Å². The van der Waals surface area contributed by atoms with E-state index in [-0.39, 0.29) is 36.3 Å². The number of H-pyrrole nitrogens is 1. The molecule has 0 aliphatic carbocycles. The number of fused-ring (bicyclic) bond motifs is 2. The number of anilines is 1. The van der Waals surface area contributed by atoms with Gasteiger partial charge in [-0.15, -0.1) is 0 Å². The van der Waals surface area contributed by atoms with Crippen LogP contribution in [0.4, 0.5) is 5.69 Å². The number of benzene rings is 4. The molecule has 1 heterocycles. The van der Waals surface area contributed by atoms with E-state index in [9.17, 15) is 14.4 Å². The van der Waals surface area contributed by atoms with E-state index in [1.54, 1.807) is 37.4 Å². The van der Waals surface area contributed by atoms with Crippen LogP contribution < -0.4 is 27.0 Å². The third-order valence-electron chi connectivity index (χ3n) is 7.18. The molecule has 10 nitrogen and oxygen atoms in total. The number of amides is 3. The van der Waals surface area contributed by atoms with Gasteiger partial charge in [-0.25, -0.2) is 0 Å². The number of nitrogens with two attached hydrogens (primary N) is 1. The molecule has 0 saturated carbocycles. The second-order valence-corrected chi connectivity index (χ2v) is 11.0. The number of hydrogen-bond acceptors (Lipinski definition) is 4. The van der Waals surface area contributed by atoms with Crippen LogP contribution in [0.5, 0.6) is 0 Å². The molecule has 0 unspecified atom stereocenters. The molecule has 3 amide bonds. The fourth-order valence-corrected chi connectivity index (χ4v) is 5.24. The van der Waals surface area contributed by atoms with E-state index in [0.29, 0.717) is 22.3 Å². The minimum Gasteiger partial charge on any atom is -0.370 e. The van der Waals surface area contributed by atoms with Crippen molar-refractivity contribution in [3.05, 3.63) is 112 Å². The predicted molar refractivity (Wildman–Crippen MR) is 178 cm³/mol. The number of guanidine groups is 1. The fraction of sp³-hybridized carbons (Fsp3) is 0.152. The highest BCUT2D eigenvalue weighted by Gasteiger charge is 2.25. The highest BCUT2D eigenvalue weighted by Crippen LogP contribution is 2.24. The number of carbonyl (C=O) groups excluding carboxylic acids is 3. The third kappa shape index (κ3) is 7.24. The lowest BCUT2D eigenvalue weighted by Crippen LogP contribution is -2.49. The number of rotatable bonds is 10. The highest BCUT2D eigenvalue weighted by molar-refractivity contribution is 9.10. The second kappa shape index (κ2) is 13.9. The SMILES string of the molecule is CN=C(N)NCCNC(=O)[C@H](Cc1c[nH]c2ccccc12)NC(=O)c1cc(Br)ccc1NC(=O)c1ccc2ccccc2c1. The van der Waals surface area contributed by atoms with Gasteiger partial charge in [0.25, 0.3) is 11.8 Å². The van der Waals surface area contributed by atoms with Gasteiger partial charge in [-0.1, -0.05) is 64.5 Å². The van der Waals surface area contributed by atoms with Crippen molar-refractivity contribution in [2.24, 2.45) is 10.7 Å². The molecule has 5 rings (SSSR count). The summed E-state index contributed by atoms with van der Waals surface area (Å²) in [6, 6.07) is 25.0. The normalized spacial score (nSPS) is 12.1. The molecule has 44 heavy (non-hydrogen) atoms. The van der Waals surface area contributed by atoms with Gasteiger partial charge in [-0.2, -0.15) is 0 Å². The van der Waals surface area contributed by atoms with Crippen molar-refractivity contribution in [1.82, 2.24) is 20.9 Å². The van der Waals surface area contributed by atoms with Gasteiger partial charge in [0.05, 0.1) is 11.3 Å². The molecule has 0 bridgehead atoms. The van der Waals surface area contributed by atoms with Crippen molar-refractivity contribution < 1.29 is 14.4 Å². The average molecular weight is 655 g/mol. The molecule has 11 heteroatoms. The van der Waals surface area contributed by atoms with Crippen LogP contribution >= 0.6 is 15.9 Å². The molecule has 0 aliphatic heterocycles. The van der Waals surface area contributed by atoms with Crippen molar-refractivity contribution in [3.63, 3.8) is 0 Å². The molecule has 0 saturated heterocycles. The Hall–Kier alpha value is -5.16. The fourth-order valence-electron chi connectivity index (χ4n) is 4.88. The van der Waals surface area contributed by atoms with Crippen molar-refractivity contribution in [2.45, 2.75) is 12.5 Å². The number of carbonyl (C=O) groups is 3. The Labute approximate surface area is 262 Å². The molecule has 224 valence electrons. The van der Waals surface area contributed by atoms with E-state index in [1.807, 2.05) is 60.8 Å². The lowest BCUT2D eigenvalue weighted by atomic mass is 10.0. The third-order valence-corrected chi connectivity index (χ3v) is 7.67. The van der Waals surface area contributed by atoms with Crippen LogP contribution in [-0.4, -0.2) is 54.8 Å². The molecule has 5 aromatic rings. The number of nitrogens with one attached hydrogen (secondary N) is 5. The minimum absolute atomic E-state index is 0.207. The summed E-state index contributed by atoms with van der Waals surface area (Å²) in [5.74, 6) is -0.979. The minimum atomic E-state index is -0.915. The van der Waals surface area contributed by atoms with E-state index < -0.39 is 11.9 Å². The van der Waals surface area contributed by atoms with Gasteiger partial charge in [0.2, 0.25) is 5.91 Å². The first-order valence-corrected chi connectivity index (χ1v) is 14.8.